The molecule has 0 radical (unpaired) electrons. The second kappa shape index (κ2) is 7.51. The summed E-state index contributed by atoms with van der Waals surface area (Å²) in [7, 11) is 0. The number of halogens is 4. The van der Waals surface area contributed by atoms with E-state index in [1.165, 1.54) is 12.1 Å². The molecule has 0 aromatic heterocycles. The fourth-order valence-electron chi connectivity index (χ4n) is 2.46. The number of piperazine rings is 1. The molecule has 2 rings (SSSR count). The topological polar surface area (TPSA) is 35.6 Å². The molecule has 0 spiro atoms. The lowest BCUT2D eigenvalue weighted by Gasteiger charge is -2.34. The van der Waals surface area contributed by atoms with E-state index >= 15 is 0 Å². The van der Waals surface area contributed by atoms with E-state index < -0.39 is 12.1 Å². The Kier molecular flexibility index (Phi) is 5.89. The van der Waals surface area contributed by atoms with Gasteiger partial charge in [0.1, 0.15) is 0 Å². The Labute approximate surface area is 138 Å². The van der Waals surface area contributed by atoms with Crippen molar-refractivity contribution >= 4 is 23.2 Å². The Morgan fingerprint density at radius 1 is 1.22 bits per heavy atom. The average Bonchev–Trinajstić information content (AvgIpc) is 2.50. The molecule has 1 amide bonds. The number of nitrogens with one attached hydrogen (secondary N) is 1. The van der Waals surface area contributed by atoms with Crippen LogP contribution in [0, 0.1) is 0 Å². The highest BCUT2D eigenvalue weighted by Crippen LogP contribution is 2.24. The first-order valence-corrected chi connectivity index (χ1v) is 7.78. The molecule has 1 aromatic carbocycles. The molecule has 23 heavy (non-hydrogen) atoms. The summed E-state index contributed by atoms with van der Waals surface area (Å²) in [5, 5.41) is 2.15. The second-order valence-corrected chi connectivity index (χ2v) is 5.88. The largest absolute Gasteiger partial charge is 0.471 e. The molecule has 0 atom stereocenters. The fourth-order valence-corrected chi connectivity index (χ4v) is 2.70. The summed E-state index contributed by atoms with van der Waals surface area (Å²) in [6.07, 6.45) is -4.91. The van der Waals surface area contributed by atoms with Crippen molar-refractivity contribution in [1.29, 1.82) is 0 Å². The van der Waals surface area contributed by atoms with Crippen molar-refractivity contribution in [1.82, 2.24) is 9.80 Å². The molecule has 0 unspecified atom stereocenters. The maximum Gasteiger partial charge on any atom is 0.471 e. The average molecular weight is 350 g/mol. The molecule has 1 fully saturated rings. The number of anilines is 1. The molecule has 4 nitrogen and oxygen atoms in total. The second-order valence-electron chi connectivity index (χ2n) is 5.47. The molecule has 8 heteroatoms. The summed E-state index contributed by atoms with van der Waals surface area (Å²) < 4.78 is 36.7. The molecule has 1 saturated heterocycles. The Bertz CT molecular complexity index is 557. The lowest BCUT2D eigenvalue weighted by atomic mass is 10.1. The lowest BCUT2D eigenvalue weighted by Crippen LogP contribution is -2.45. The fraction of sp³-hybridized carbons (Fsp3) is 0.533. The third kappa shape index (κ3) is 5.09. The van der Waals surface area contributed by atoms with Gasteiger partial charge in [0.25, 0.3) is 0 Å². The highest BCUT2D eigenvalue weighted by Gasteiger charge is 2.38. The number of hydrogen-bond acceptors (Lipinski definition) is 3. The predicted molar refractivity (Wildman–Crippen MR) is 83.5 cm³/mol. The minimum atomic E-state index is -4.91. The number of carbonyl (C=O) groups is 1. The van der Waals surface area contributed by atoms with Gasteiger partial charge in [-0.25, -0.2) is 0 Å². The molecule has 0 saturated carbocycles. The number of rotatable bonds is 4. The molecule has 128 valence electrons. The normalized spacial score (nSPS) is 17.3. The summed E-state index contributed by atoms with van der Waals surface area (Å²) in [6.45, 7) is 7.64. The van der Waals surface area contributed by atoms with Crippen LogP contribution in [0.4, 0.5) is 18.9 Å². The van der Waals surface area contributed by atoms with E-state index in [-0.39, 0.29) is 5.69 Å². The van der Waals surface area contributed by atoms with E-state index in [4.69, 9.17) is 11.6 Å². The number of hydrogen-bond donors (Lipinski definition) is 1. The number of benzene rings is 1. The van der Waals surface area contributed by atoms with E-state index in [1.807, 2.05) is 0 Å². The van der Waals surface area contributed by atoms with E-state index in [0.717, 1.165) is 38.3 Å². The van der Waals surface area contributed by atoms with Crippen molar-refractivity contribution in [3.8, 4) is 0 Å². The van der Waals surface area contributed by atoms with Crippen LogP contribution in [0.2, 0.25) is 5.02 Å². The Morgan fingerprint density at radius 3 is 2.35 bits per heavy atom. The molecule has 1 aliphatic rings. The minimum absolute atomic E-state index is 0.0388. The zero-order valence-corrected chi connectivity index (χ0v) is 13.5. The molecule has 0 aliphatic carbocycles. The zero-order valence-electron chi connectivity index (χ0n) is 12.8. The first-order chi connectivity index (χ1) is 10.8. The lowest BCUT2D eigenvalue weighted by molar-refractivity contribution is -0.167. The molecular weight excluding hydrogens is 331 g/mol. The van der Waals surface area contributed by atoms with Gasteiger partial charge in [0.15, 0.2) is 0 Å². The first-order valence-electron chi connectivity index (χ1n) is 7.41. The highest BCUT2D eigenvalue weighted by molar-refractivity contribution is 6.31. The first kappa shape index (κ1) is 18.0. The van der Waals surface area contributed by atoms with Gasteiger partial charge in [0.05, 0.1) is 0 Å². The summed E-state index contributed by atoms with van der Waals surface area (Å²) in [6, 6.07) is 4.44. The van der Waals surface area contributed by atoms with E-state index in [9.17, 15) is 18.0 Å². The van der Waals surface area contributed by atoms with Gasteiger partial charge in [-0.2, -0.15) is 13.2 Å². The van der Waals surface area contributed by atoms with Crippen molar-refractivity contribution < 1.29 is 18.0 Å². The van der Waals surface area contributed by atoms with Gasteiger partial charge in [-0.3, -0.25) is 9.69 Å². The summed E-state index contributed by atoms with van der Waals surface area (Å²) in [5.74, 6) is -2.00. The molecule has 1 aromatic rings. The third-order valence-electron chi connectivity index (χ3n) is 3.87. The van der Waals surface area contributed by atoms with Crippen molar-refractivity contribution in [2.75, 3.05) is 38.0 Å². The Morgan fingerprint density at radius 2 is 1.83 bits per heavy atom. The van der Waals surface area contributed by atoms with Gasteiger partial charge in [0.2, 0.25) is 0 Å². The third-order valence-corrected chi connectivity index (χ3v) is 4.23. The van der Waals surface area contributed by atoms with Crippen LogP contribution in [-0.2, 0) is 11.3 Å². The summed E-state index contributed by atoms with van der Waals surface area (Å²) in [4.78, 5) is 15.5. The number of nitrogens with zero attached hydrogens (tertiary/aromatic N) is 2. The number of alkyl halides is 3. The van der Waals surface area contributed by atoms with E-state index in [1.54, 1.807) is 11.4 Å². The van der Waals surface area contributed by atoms with Crippen LogP contribution in [0.3, 0.4) is 0 Å². The van der Waals surface area contributed by atoms with E-state index in [2.05, 4.69) is 16.7 Å². The van der Waals surface area contributed by atoms with Crippen LogP contribution >= 0.6 is 11.6 Å². The van der Waals surface area contributed by atoms with Crippen LogP contribution in [0.5, 0.6) is 0 Å². The van der Waals surface area contributed by atoms with Gasteiger partial charge < -0.3 is 10.2 Å². The monoisotopic (exact) mass is 349 g/mol. The Hall–Kier alpha value is -1.31. The summed E-state index contributed by atoms with van der Waals surface area (Å²) in [5.41, 5.74) is 0.874. The van der Waals surface area contributed by atoms with Crippen LogP contribution in [0.15, 0.2) is 18.2 Å². The van der Waals surface area contributed by atoms with Crippen molar-refractivity contribution in [2.45, 2.75) is 19.6 Å². The van der Waals surface area contributed by atoms with Gasteiger partial charge in [-0.05, 0) is 24.2 Å². The van der Waals surface area contributed by atoms with Crippen molar-refractivity contribution in [3.05, 3.63) is 28.8 Å². The standard InChI is InChI=1S/C15H19ClF3N3O/c1-2-21-5-7-22(8-6-21)10-11-3-4-12(9-13(11)16)20-14(23)15(17,18)19/h3-4,9H,2,5-8,10H2,1H3,(H,20,23). The molecule has 1 heterocycles. The molecule has 1 aliphatic heterocycles. The van der Waals surface area contributed by atoms with Gasteiger partial charge >= 0.3 is 12.1 Å². The SMILES string of the molecule is CCN1CCN(Cc2ccc(NC(=O)C(F)(F)F)cc2Cl)CC1. The van der Waals surface area contributed by atoms with Crippen molar-refractivity contribution in [2.24, 2.45) is 0 Å². The maximum atomic E-state index is 12.2. The highest BCUT2D eigenvalue weighted by atomic mass is 35.5. The number of amides is 1. The Balaban J connectivity index is 1.96. The quantitative estimate of drug-likeness (QED) is 0.907. The zero-order chi connectivity index (χ0) is 17.0. The van der Waals surface area contributed by atoms with Gasteiger partial charge in [-0.15, -0.1) is 0 Å². The maximum absolute atomic E-state index is 12.2. The minimum Gasteiger partial charge on any atom is -0.318 e. The number of carbonyl (C=O) groups excluding carboxylic acids is 1. The van der Waals surface area contributed by atoms with Crippen LogP contribution in [0.25, 0.3) is 0 Å². The molecular formula is C15H19ClF3N3O. The van der Waals surface area contributed by atoms with Gasteiger partial charge in [0, 0.05) is 43.4 Å². The molecule has 1 N–H and O–H groups in total. The van der Waals surface area contributed by atoms with Gasteiger partial charge in [-0.1, -0.05) is 24.6 Å². The van der Waals surface area contributed by atoms with E-state index in [0.29, 0.717) is 11.6 Å². The van der Waals surface area contributed by atoms with Crippen LogP contribution in [-0.4, -0.2) is 54.6 Å². The number of likely N-dealkylation sites (N-methyl/N-ethyl adjacent to an activating group) is 1. The van der Waals surface area contributed by atoms with Crippen LogP contribution < -0.4 is 5.32 Å². The summed E-state index contributed by atoms with van der Waals surface area (Å²) >= 11 is 6.13. The smallest absolute Gasteiger partial charge is 0.318 e. The van der Waals surface area contributed by atoms with Crippen molar-refractivity contribution in [3.63, 3.8) is 0 Å². The molecule has 0 bridgehead atoms. The predicted octanol–water partition coefficient (Wildman–Crippen LogP) is 2.98. The van der Waals surface area contributed by atoms with Crippen LogP contribution in [0.1, 0.15) is 12.5 Å².